The maximum Gasteiger partial charge on any atom is 0.282 e. The topological polar surface area (TPSA) is 47.2 Å². The van der Waals surface area contributed by atoms with Gasteiger partial charge >= 0.3 is 0 Å². The van der Waals surface area contributed by atoms with Gasteiger partial charge in [0.25, 0.3) is 5.56 Å². The summed E-state index contributed by atoms with van der Waals surface area (Å²) in [7, 11) is 0. The monoisotopic (exact) mass is 403 g/mol. The van der Waals surface area contributed by atoms with Crippen LogP contribution in [-0.4, -0.2) is 15.9 Å². The zero-order chi connectivity index (χ0) is 17.5. The Kier molecular flexibility index (Phi) is 4.44. The van der Waals surface area contributed by atoms with E-state index in [0.29, 0.717) is 16.7 Å². The molecule has 124 valence electrons. The molecule has 0 fully saturated rings. The lowest BCUT2D eigenvalue weighted by molar-refractivity contribution is 0.506. The third kappa shape index (κ3) is 3.35. The number of fused-ring (bicyclic) bond motifs is 1. The second-order valence-corrected chi connectivity index (χ2v) is 8.89. The van der Waals surface area contributed by atoms with Crippen LogP contribution in [-0.2, 0) is 5.41 Å². The van der Waals surface area contributed by atoms with Crippen LogP contribution >= 0.6 is 27.3 Å². The fraction of sp³-hybridized carbons (Fsp3) is 0.278. The minimum Gasteiger partial charge on any atom is -0.267 e. The summed E-state index contributed by atoms with van der Waals surface area (Å²) in [5.41, 5.74) is 0.227. The molecule has 0 aliphatic rings. The van der Waals surface area contributed by atoms with Crippen LogP contribution in [0.4, 0.5) is 0 Å². The van der Waals surface area contributed by atoms with Gasteiger partial charge in [0.2, 0.25) is 0 Å². The zero-order valence-corrected chi connectivity index (χ0v) is 16.4. The summed E-state index contributed by atoms with van der Waals surface area (Å²) in [6.45, 7) is 8.13. The smallest absolute Gasteiger partial charge is 0.267 e. The molecule has 2 heterocycles. The molecule has 0 spiro atoms. The molecule has 3 rings (SSSR count). The number of nitrogens with zero attached hydrogens (tertiary/aromatic N) is 3. The highest BCUT2D eigenvalue weighted by molar-refractivity contribution is 9.10. The number of benzene rings is 1. The van der Waals surface area contributed by atoms with Crippen molar-refractivity contribution in [1.29, 1.82) is 0 Å². The molecule has 0 bridgehead atoms. The molecule has 24 heavy (non-hydrogen) atoms. The molecule has 0 saturated carbocycles. The van der Waals surface area contributed by atoms with Crippen LogP contribution in [0.5, 0.6) is 0 Å². The molecule has 1 aromatic carbocycles. The van der Waals surface area contributed by atoms with E-state index >= 15 is 0 Å². The number of rotatable bonds is 2. The molecule has 0 aliphatic carbocycles. The summed E-state index contributed by atoms with van der Waals surface area (Å²) in [6, 6.07) is 9.57. The lowest BCUT2D eigenvalue weighted by Crippen LogP contribution is -2.29. The predicted molar refractivity (Wildman–Crippen MR) is 104 cm³/mol. The Hall–Kier alpha value is -1.79. The van der Waals surface area contributed by atoms with Gasteiger partial charge in [-0.1, -0.05) is 36.7 Å². The maximum absolute atomic E-state index is 13.0. The first-order valence-corrected chi connectivity index (χ1v) is 9.20. The van der Waals surface area contributed by atoms with E-state index in [9.17, 15) is 4.79 Å². The molecule has 4 nitrogen and oxygen atoms in total. The highest BCUT2D eigenvalue weighted by Crippen LogP contribution is 2.23. The molecule has 6 heteroatoms. The standard InChI is InChI=1S/C18H18BrN3OS/c1-11-5-7-13(24-11)10-20-22-16(23)14-9-12(19)6-8-15(14)21-17(22)18(2,3)4/h5-10H,1-4H3. The summed E-state index contributed by atoms with van der Waals surface area (Å²) >= 11 is 5.05. The largest absolute Gasteiger partial charge is 0.282 e. The normalized spacial score (nSPS) is 12.4. The highest BCUT2D eigenvalue weighted by Gasteiger charge is 2.22. The fourth-order valence-corrected chi connectivity index (χ4v) is 3.48. The van der Waals surface area contributed by atoms with Gasteiger partial charge < -0.3 is 0 Å². The van der Waals surface area contributed by atoms with Gasteiger partial charge in [0.05, 0.1) is 17.1 Å². The van der Waals surface area contributed by atoms with Crippen LogP contribution in [0.25, 0.3) is 10.9 Å². The summed E-state index contributed by atoms with van der Waals surface area (Å²) in [6.07, 6.45) is 1.72. The van der Waals surface area contributed by atoms with E-state index < -0.39 is 0 Å². The number of aryl methyl sites for hydroxylation is 1. The van der Waals surface area contributed by atoms with Gasteiger partial charge in [-0.2, -0.15) is 9.78 Å². The molecule has 0 saturated heterocycles. The van der Waals surface area contributed by atoms with Gasteiger partial charge in [0.15, 0.2) is 0 Å². The van der Waals surface area contributed by atoms with Crippen LogP contribution in [0, 0.1) is 6.92 Å². The summed E-state index contributed by atoms with van der Waals surface area (Å²) in [4.78, 5) is 19.9. The molecular formula is C18H18BrN3OS. The van der Waals surface area contributed by atoms with E-state index in [1.807, 2.05) is 52.0 Å². The number of halogens is 1. The van der Waals surface area contributed by atoms with Crippen molar-refractivity contribution in [2.45, 2.75) is 33.1 Å². The average Bonchev–Trinajstić information content (AvgIpc) is 2.91. The van der Waals surface area contributed by atoms with Crippen molar-refractivity contribution < 1.29 is 0 Å². The van der Waals surface area contributed by atoms with Gasteiger partial charge in [-0.25, -0.2) is 4.98 Å². The predicted octanol–water partition coefficient (Wildman–Crippen LogP) is 4.71. The van der Waals surface area contributed by atoms with Gasteiger partial charge in [-0.05, 0) is 37.3 Å². The zero-order valence-electron chi connectivity index (χ0n) is 14.0. The second-order valence-electron chi connectivity index (χ2n) is 6.66. The van der Waals surface area contributed by atoms with Gasteiger partial charge in [-0.3, -0.25) is 4.79 Å². The lowest BCUT2D eigenvalue weighted by atomic mass is 9.95. The van der Waals surface area contributed by atoms with Crippen molar-refractivity contribution in [3.63, 3.8) is 0 Å². The van der Waals surface area contributed by atoms with Crippen LogP contribution in [0.2, 0.25) is 0 Å². The minimum atomic E-state index is -0.302. The van der Waals surface area contributed by atoms with Crippen molar-refractivity contribution in [2.24, 2.45) is 5.10 Å². The van der Waals surface area contributed by atoms with Crippen LogP contribution in [0.3, 0.4) is 0 Å². The van der Waals surface area contributed by atoms with E-state index in [0.717, 1.165) is 9.35 Å². The van der Waals surface area contributed by atoms with E-state index in [-0.39, 0.29) is 11.0 Å². The summed E-state index contributed by atoms with van der Waals surface area (Å²) < 4.78 is 2.27. The Bertz CT molecular complexity index is 996. The average molecular weight is 404 g/mol. The molecule has 0 unspecified atom stereocenters. The maximum atomic E-state index is 13.0. The summed E-state index contributed by atoms with van der Waals surface area (Å²) in [5, 5.41) is 5.00. The first-order valence-electron chi connectivity index (χ1n) is 7.59. The van der Waals surface area contributed by atoms with Crippen LogP contribution < -0.4 is 5.56 Å². The van der Waals surface area contributed by atoms with E-state index in [1.165, 1.54) is 9.55 Å². The number of hydrogen-bond donors (Lipinski definition) is 0. The van der Waals surface area contributed by atoms with Crippen molar-refractivity contribution in [2.75, 3.05) is 0 Å². The Balaban J connectivity index is 2.25. The van der Waals surface area contributed by atoms with Crippen molar-refractivity contribution in [3.8, 4) is 0 Å². The summed E-state index contributed by atoms with van der Waals surface area (Å²) in [5.74, 6) is 0.645. The number of aromatic nitrogens is 2. The van der Waals surface area contributed by atoms with Gasteiger partial charge in [-0.15, -0.1) is 11.3 Å². The SMILES string of the molecule is Cc1ccc(C=Nn2c(C(C)(C)C)nc3ccc(Br)cc3c2=O)s1. The third-order valence-electron chi connectivity index (χ3n) is 3.54. The van der Waals surface area contributed by atoms with Gasteiger partial charge in [0, 0.05) is 19.6 Å². The first-order chi connectivity index (χ1) is 11.3. The first kappa shape index (κ1) is 17.0. The number of hydrogen-bond acceptors (Lipinski definition) is 4. The van der Waals surface area contributed by atoms with Crippen LogP contribution in [0.1, 0.15) is 36.3 Å². The minimum absolute atomic E-state index is 0.157. The highest BCUT2D eigenvalue weighted by atomic mass is 79.9. The molecular weight excluding hydrogens is 386 g/mol. The molecule has 2 aromatic heterocycles. The Labute approximate surface area is 153 Å². The molecule has 3 aromatic rings. The molecule has 0 radical (unpaired) electrons. The Morgan fingerprint density at radius 1 is 1.25 bits per heavy atom. The van der Waals surface area contributed by atoms with E-state index in [1.54, 1.807) is 23.6 Å². The molecule has 0 amide bonds. The van der Waals surface area contributed by atoms with Crippen LogP contribution in [0.15, 0.2) is 44.7 Å². The Morgan fingerprint density at radius 2 is 2.00 bits per heavy atom. The second kappa shape index (κ2) is 6.26. The number of thiophene rings is 1. The van der Waals surface area contributed by atoms with Crippen molar-refractivity contribution in [3.05, 3.63) is 60.7 Å². The lowest BCUT2D eigenvalue weighted by Gasteiger charge is -2.20. The third-order valence-corrected chi connectivity index (χ3v) is 4.97. The Morgan fingerprint density at radius 3 is 2.62 bits per heavy atom. The molecule has 0 N–H and O–H groups in total. The molecule has 0 aliphatic heterocycles. The van der Waals surface area contributed by atoms with Gasteiger partial charge in [0.1, 0.15) is 5.82 Å². The quantitative estimate of drug-likeness (QED) is 0.581. The van der Waals surface area contributed by atoms with Crippen molar-refractivity contribution >= 4 is 44.4 Å². The van der Waals surface area contributed by atoms with E-state index in [4.69, 9.17) is 4.98 Å². The fourth-order valence-electron chi connectivity index (χ4n) is 2.38. The van der Waals surface area contributed by atoms with E-state index in [2.05, 4.69) is 21.0 Å². The molecule has 0 atom stereocenters. The van der Waals surface area contributed by atoms with Crippen molar-refractivity contribution in [1.82, 2.24) is 9.66 Å².